The zero-order valence-corrected chi connectivity index (χ0v) is 7.16. The lowest BCUT2D eigenvalue weighted by Gasteiger charge is -2.36. The second kappa shape index (κ2) is 1.69. The first kappa shape index (κ1) is 10.2. The average molecular weight is 247 g/mol. The van der Waals surface area contributed by atoms with E-state index in [9.17, 15) is 19.4 Å². The standard InChI is InChI=1S/C3H4BrF5S/c1-3(4)2-10(5,6,7,8)9/h2H,1H3/b3-2+. The molecule has 0 heterocycles. The lowest BCUT2D eigenvalue weighted by Crippen LogP contribution is -1.99. The second-order valence-electron chi connectivity index (χ2n) is 1.73. The third-order valence-corrected chi connectivity index (χ3v) is 1.72. The Kier molecular flexibility index (Phi) is 1.72. The monoisotopic (exact) mass is 246 g/mol. The third-order valence-electron chi connectivity index (χ3n) is 0.385. The van der Waals surface area contributed by atoms with Gasteiger partial charge in [0.15, 0.2) is 0 Å². The molecule has 0 unspecified atom stereocenters. The van der Waals surface area contributed by atoms with Crippen molar-refractivity contribution in [2.24, 2.45) is 0 Å². The van der Waals surface area contributed by atoms with Gasteiger partial charge in [-0.2, -0.15) is 0 Å². The molecule has 10 heavy (non-hydrogen) atoms. The van der Waals surface area contributed by atoms with E-state index >= 15 is 0 Å². The molecule has 0 saturated carbocycles. The highest BCUT2D eigenvalue weighted by Crippen LogP contribution is 2.99. The number of halogens is 6. The molecule has 0 saturated heterocycles. The van der Waals surface area contributed by atoms with Gasteiger partial charge in [-0.1, -0.05) is 35.4 Å². The molecule has 0 atom stereocenters. The van der Waals surface area contributed by atoms with Crippen LogP contribution in [-0.4, -0.2) is 0 Å². The van der Waals surface area contributed by atoms with Crippen molar-refractivity contribution in [2.45, 2.75) is 6.92 Å². The Balaban J connectivity index is 4.96. The minimum atomic E-state index is -9.31. The van der Waals surface area contributed by atoms with E-state index in [1.165, 1.54) is 0 Å². The number of rotatable bonds is 1. The minimum absolute atomic E-state index is 0.633. The third kappa shape index (κ3) is 8.22. The molecule has 0 aromatic heterocycles. The van der Waals surface area contributed by atoms with E-state index in [1.807, 2.05) is 0 Å². The number of hydrogen-bond donors (Lipinski definition) is 0. The summed E-state index contributed by atoms with van der Waals surface area (Å²) in [5.74, 6) is 0. The van der Waals surface area contributed by atoms with Crippen molar-refractivity contribution in [2.75, 3.05) is 0 Å². The molecular formula is C3H4BrF5S. The number of hydrogen-bond acceptors (Lipinski definition) is 0. The molecule has 0 rings (SSSR count). The summed E-state index contributed by atoms with van der Waals surface area (Å²) in [6.45, 7) is 0.887. The highest BCUT2D eigenvalue weighted by Gasteiger charge is 2.61. The summed E-state index contributed by atoms with van der Waals surface area (Å²) in [7, 11) is -9.31. The predicted molar refractivity (Wildman–Crippen MR) is 35.8 cm³/mol. The molecule has 0 amide bonds. The summed E-state index contributed by atoms with van der Waals surface area (Å²) >= 11 is 2.27. The molecule has 64 valence electrons. The lowest BCUT2D eigenvalue weighted by atomic mass is 10.8. The van der Waals surface area contributed by atoms with Crippen molar-refractivity contribution in [1.29, 1.82) is 0 Å². The molecule has 0 N–H and O–H groups in total. The smallest absolute Gasteiger partial charge is 0.0941 e. The van der Waals surface area contributed by atoms with Crippen LogP contribution in [0.2, 0.25) is 0 Å². The topological polar surface area (TPSA) is 0 Å². The van der Waals surface area contributed by atoms with E-state index in [4.69, 9.17) is 0 Å². The molecule has 0 nitrogen and oxygen atoms in total. The summed E-state index contributed by atoms with van der Waals surface area (Å²) in [5, 5.41) is -0.986. The summed E-state index contributed by atoms with van der Waals surface area (Å²) < 4.78 is 56.2. The highest BCUT2D eigenvalue weighted by atomic mass is 79.9. The molecule has 7 heteroatoms. The van der Waals surface area contributed by atoms with E-state index in [-0.39, 0.29) is 0 Å². The van der Waals surface area contributed by atoms with Crippen LogP contribution in [0, 0.1) is 0 Å². The van der Waals surface area contributed by atoms with Crippen LogP contribution in [0.3, 0.4) is 0 Å². The van der Waals surface area contributed by atoms with Crippen molar-refractivity contribution in [1.82, 2.24) is 0 Å². The summed E-state index contributed by atoms with van der Waals surface area (Å²) in [4.78, 5) is 0. The Morgan fingerprint density at radius 3 is 1.50 bits per heavy atom. The molecule has 0 aromatic rings. The van der Waals surface area contributed by atoms with Gasteiger partial charge in [-0.25, -0.2) is 0 Å². The maximum Gasteiger partial charge on any atom is 0.305 e. The molecule has 0 aromatic carbocycles. The van der Waals surface area contributed by atoms with E-state index < -0.39 is 20.1 Å². The van der Waals surface area contributed by atoms with Gasteiger partial charge in [-0.3, -0.25) is 0 Å². The van der Waals surface area contributed by atoms with E-state index in [0.717, 1.165) is 6.92 Å². The maximum absolute atomic E-state index is 11.4. The van der Waals surface area contributed by atoms with Crippen LogP contribution in [0.25, 0.3) is 0 Å². The van der Waals surface area contributed by atoms with Crippen LogP contribution in [0.4, 0.5) is 19.4 Å². The normalized spacial score (nSPS) is 21.7. The van der Waals surface area contributed by atoms with Crippen LogP contribution in [0.1, 0.15) is 6.92 Å². The SMILES string of the molecule is C/C(Br)=C\S(F)(F)(F)(F)F. The zero-order valence-electron chi connectivity index (χ0n) is 4.75. The first-order valence-electron chi connectivity index (χ1n) is 1.98. The zero-order chi connectivity index (χ0) is 8.69. The van der Waals surface area contributed by atoms with Crippen LogP contribution in [0.5, 0.6) is 0 Å². The summed E-state index contributed by atoms with van der Waals surface area (Å²) in [5.41, 5.74) is 0. The predicted octanol–water partition coefficient (Wildman–Crippen LogP) is 4.54. The molecule has 0 spiro atoms. The van der Waals surface area contributed by atoms with Gasteiger partial charge in [-0.05, 0) is 6.92 Å². The van der Waals surface area contributed by atoms with Gasteiger partial charge in [0, 0.05) is 4.48 Å². The van der Waals surface area contributed by atoms with E-state index in [1.54, 1.807) is 0 Å². The lowest BCUT2D eigenvalue weighted by molar-refractivity contribution is 0.384. The molecule has 0 aliphatic rings. The molecule has 0 radical (unpaired) electrons. The van der Waals surface area contributed by atoms with Crippen molar-refractivity contribution < 1.29 is 19.4 Å². The quantitative estimate of drug-likeness (QED) is 0.596. The van der Waals surface area contributed by atoms with Gasteiger partial charge in [0.25, 0.3) is 0 Å². The van der Waals surface area contributed by atoms with E-state index in [2.05, 4.69) is 15.9 Å². The Hall–Kier alpha value is 0.220. The fourth-order valence-corrected chi connectivity index (χ4v) is 1.98. The van der Waals surface area contributed by atoms with Crippen molar-refractivity contribution in [3.8, 4) is 0 Å². The van der Waals surface area contributed by atoms with Crippen molar-refractivity contribution in [3.63, 3.8) is 0 Å². The Labute approximate surface area is 62.9 Å². The second-order valence-corrected chi connectivity index (χ2v) is 5.28. The maximum atomic E-state index is 11.4. The average Bonchev–Trinajstić information content (AvgIpc) is 1.12. The van der Waals surface area contributed by atoms with Gasteiger partial charge in [0.1, 0.15) is 0 Å². The molecule has 0 aliphatic heterocycles. The highest BCUT2D eigenvalue weighted by molar-refractivity contribution is 9.11. The van der Waals surface area contributed by atoms with Crippen molar-refractivity contribution >= 4 is 26.2 Å². The Morgan fingerprint density at radius 2 is 1.50 bits per heavy atom. The van der Waals surface area contributed by atoms with E-state index in [0.29, 0.717) is 0 Å². The van der Waals surface area contributed by atoms with Gasteiger partial charge in [0.2, 0.25) is 0 Å². The van der Waals surface area contributed by atoms with Crippen LogP contribution in [-0.2, 0) is 0 Å². The largest absolute Gasteiger partial charge is 0.305 e. The summed E-state index contributed by atoms with van der Waals surface area (Å²) in [6, 6.07) is 0. The first-order valence-corrected chi connectivity index (χ1v) is 4.79. The minimum Gasteiger partial charge on any atom is -0.0941 e. The molecular weight excluding hydrogens is 243 g/mol. The van der Waals surface area contributed by atoms with Gasteiger partial charge in [-0.15, -0.1) is 0 Å². The Morgan fingerprint density at radius 1 is 1.20 bits per heavy atom. The fraction of sp³-hybridized carbons (Fsp3) is 0.333. The molecule has 0 bridgehead atoms. The number of allylic oxidation sites excluding steroid dienone is 1. The van der Waals surface area contributed by atoms with Gasteiger partial charge < -0.3 is 0 Å². The fourth-order valence-electron chi connectivity index (χ4n) is 0.307. The van der Waals surface area contributed by atoms with Gasteiger partial charge >= 0.3 is 10.2 Å². The van der Waals surface area contributed by atoms with Crippen LogP contribution in [0.15, 0.2) is 9.89 Å². The molecule has 0 fully saturated rings. The summed E-state index contributed by atoms with van der Waals surface area (Å²) in [6.07, 6.45) is 0. The first-order chi connectivity index (χ1) is 3.89. The van der Waals surface area contributed by atoms with Gasteiger partial charge in [0.05, 0.1) is 5.41 Å². The molecule has 0 aliphatic carbocycles. The van der Waals surface area contributed by atoms with Crippen LogP contribution >= 0.6 is 26.2 Å². The van der Waals surface area contributed by atoms with Crippen LogP contribution < -0.4 is 0 Å². The Bertz CT molecular complexity index is 170. The van der Waals surface area contributed by atoms with Crippen molar-refractivity contribution in [3.05, 3.63) is 9.89 Å².